The van der Waals surface area contributed by atoms with Crippen molar-refractivity contribution in [3.8, 4) is 11.5 Å². The summed E-state index contributed by atoms with van der Waals surface area (Å²) in [6.45, 7) is 7.86. The molecule has 0 spiro atoms. The summed E-state index contributed by atoms with van der Waals surface area (Å²) >= 11 is 0. The van der Waals surface area contributed by atoms with Gasteiger partial charge in [-0.3, -0.25) is 9.59 Å². The third-order valence-corrected chi connectivity index (χ3v) is 4.80. The van der Waals surface area contributed by atoms with Gasteiger partial charge in [-0.05, 0) is 12.1 Å². The molecular formula is C20H32N3O4+. The normalized spacial score (nSPS) is 19.9. The molecule has 1 aliphatic rings. The number of quaternary nitrogens is 1. The first-order valence-electron chi connectivity index (χ1n) is 9.39. The quantitative estimate of drug-likeness (QED) is 0.686. The minimum atomic E-state index is -0.375. The van der Waals surface area contributed by atoms with Gasteiger partial charge in [-0.1, -0.05) is 20.8 Å². The Morgan fingerprint density at radius 3 is 2.37 bits per heavy atom. The number of likely N-dealkylation sites (tertiary alicyclic amines) is 1. The van der Waals surface area contributed by atoms with Crippen molar-refractivity contribution in [2.45, 2.75) is 39.7 Å². The molecule has 27 heavy (non-hydrogen) atoms. The number of rotatable bonds is 6. The average Bonchev–Trinajstić information content (AvgIpc) is 2.62. The lowest BCUT2D eigenvalue weighted by Gasteiger charge is -2.31. The van der Waals surface area contributed by atoms with Crippen LogP contribution in [0.1, 0.15) is 33.6 Å². The van der Waals surface area contributed by atoms with Crippen LogP contribution < -0.4 is 25.0 Å². The minimum Gasteiger partial charge on any atom is -0.497 e. The molecule has 0 unspecified atom stereocenters. The lowest BCUT2D eigenvalue weighted by atomic mass is 9.94. The zero-order chi connectivity index (χ0) is 20.0. The smallest absolute Gasteiger partial charge is 0.279 e. The molecule has 0 bridgehead atoms. The zero-order valence-electron chi connectivity index (χ0n) is 17.0. The fraction of sp³-hybridized carbons (Fsp3) is 0.600. The van der Waals surface area contributed by atoms with E-state index in [1.165, 1.54) is 4.90 Å². The first-order chi connectivity index (χ1) is 12.7. The van der Waals surface area contributed by atoms with Gasteiger partial charge in [0.15, 0.2) is 6.54 Å². The zero-order valence-corrected chi connectivity index (χ0v) is 17.0. The standard InChI is InChI=1S/C20H31N3O4/c1-20(2,3)19(25)21-14-8-10-23(11-9-14)13-18(24)22-16-12-15(26-4)6-7-17(16)27-5/h6-7,12,14H,8-11,13H2,1-5H3,(H,21,25)(H,22,24)/p+1. The number of nitrogens with one attached hydrogen (secondary N) is 3. The summed E-state index contributed by atoms with van der Waals surface area (Å²) in [5.74, 6) is 1.28. The van der Waals surface area contributed by atoms with Gasteiger partial charge in [-0.15, -0.1) is 0 Å². The highest BCUT2D eigenvalue weighted by Crippen LogP contribution is 2.28. The molecule has 0 saturated carbocycles. The Labute approximate surface area is 161 Å². The second-order valence-corrected chi connectivity index (χ2v) is 8.04. The van der Waals surface area contributed by atoms with Gasteiger partial charge in [-0.25, -0.2) is 0 Å². The van der Waals surface area contributed by atoms with Gasteiger partial charge in [0.2, 0.25) is 5.91 Å². The fourth-order valence-electron chi connectivity index (χ4n) is 3.08. The maximum atomic E-state index is 12.4. The second-order valence-electron chi connectivity index (χ2n) is 8.04. The number of ether oxygens (including phenoxy) is 2. The highest BCUT2D eigenvalue weighted by atomic mass is 16.5. The van der Waals surface area contributed by atoms with Crippen LogP contribution in [0.15, 0.2) is 18.2 Å². The van der Waals surface area contributed by atoms with Crippen molar-refractivity contribution in [3.05, 3.63) is 18.2 Å². The maximum absolute atomic E-state index is 12.4. The van der Waals surface area contributed by atoms with E-state index in [0.29, 0.717) is 23.7 Å². The highest BCUT2D eigenvalue weighted by Gasteiger charge is 2.28. The minimum absolute atomic E-state index is 0.0614. The predicted octanol–water partition coefficient (Wildman–Crippen LogP) is 0.852. The number of carbonyl (C=O) groups excluding carboxylic acids is 2. The van der Waals surface area contributed by atoms with E-state index in [-0.39, 0.29) is 23.3 Å². The summed E-state index contributed by atoms with van der Waals surface area (Å²) in [5, 5.41) is 6.03. The van der Waals surface area contributed by atoms with E-state index >= 15 is 0 Å². The van der Waals surface area contributed by atoms with Crippen LogP contribution in [-0.2, 0) is 9.59 Å². The Hall–Kier alpha value is -2.28. The van der Waals surface area contributed by atoms with E-state index < -0.39 is 0 Å². The first-order valence-corrected chi connectivity index (χ1v) is 9.39. The van der Waals surface area contributed by atoms with Crippen LogP contribution in [0.25, 0.3) is 0 Å². The van der Waals surface area contributed by atoms with E-state index in [1.807, 2.05) is 20.8 Å². The van der Waals surface area contributed by atoms with Crippen molar-refractivity contribution in [1.82, 2.24) is 5.32 Å². The number of amides is 2. The number of benzene rings is 1. The van der Waals surface area contributed by atoms with Crippen molar-refractivity contribution in [2.24, 2.45) is 5.41 Å². The topological polar surface area (TPSA) is 81.1 Å². The molecule has 1 saturated heterocycles. The van der Waals surface area contributed by atoms with Crippen molar-refractivity contribution in [2.75, 3.05) is 39.2 Å². The second kappa shape index (κ2) is 9.08. The summed E-state index contributed by atoms with van der Waals surface area (Å²) in [6, 6.07) is 5.50. The molecule has 2 amide bonds. The van der Waals surface area contributed by atoms with E-state index in [1.54, 1.807) is 32.4 Å². The summed E-state index contributed by atoms with van der Waals surface area (Å²) in [5.41, 5.74) is 0.230. The average molecular weight is 378 g/mol. The Kier molecular flexibility index (Phi) is 7.07. The lowest BCUT2D eigenvalue weighted by molar-refractivity contribution is -0.897. The molecule has 0 atom stereocenters. The third-order valence-electron chi connectivity index (χ3n) is 4.80. The summed E-state index contributed by atoms with van der Waals surface area (Å²) in [6.07, 6.45) is 1.76. The number of carbonyl (C=O) groups is 2. The van der Waals surface area contributed by atoms with Gasteiger partial charge >= 0.3 is 0 Å². The number of piperidine rings is 1. The van der Waals surface area contributed by atoms with Gasteiger partial charge < -0.3 is 25.0 Å². The monoisotopic (exact) mass is 378 g/mol. The van der Waals surface area contributed by atoms with Crippen LogP contribution in [0.2, 0.25) is 0 Å². The summed E-state index contributed by atoms with van der Waals surface area (Å²) in [7, 11) is 3.15. The van der Waals surface area contributed by atoms with Crippen molar-refractivity contribution >= 4 is 17.5 Å². The summed E-state index contributed by atoms with van der Waals surface area (Å²) < 4.78 is 10.5. The van der Waals surface area contributed by atoms with Gasteiger partial charge in [0.1, 0.15) is 11.5 Å². The largest absolute Gasteiger partial charge is 0.497 e. The van der Waals surface area contributed by atoms with E-state index in [2.05, 4.69) is 10.6 Å². The molecule has 3 N–H and O–H groups in total. The SMILES string of the molecule is COc1ccc(OC)c(NC(=O)C[NH+]2CCC(NC(=O)C(C)(C)C)CC2)c1. The molecule has 1 aliphatic heterocycles. The van der Waals surface area contributed by atoms with Crippen LogP contribution in [0, 0.1) is 5.41 Å². The van der Waals surface area contributed by atoms with Crippen LogP contribution >= 0.6 is 0 Å². The predicted molar refractivity (Wildman–Crippen MR) is 104 cm³/mol. The molecule has 150 valence electrons. The van der Waals surface area contributed by atoms with Gasteiger partial charge in [0.05, 0.1) is 33.0 Å². The first kappa shape index (κ1) is 21.0. The molecule has 0 aromatic heterocycles. The van der Waals surface area contributed by atoms with E-state index in [0.717, 1.165) is 25.9 Å². The Bertz CT molecular complexity index is 662. The molecule has 7 heteroatoms. The number of methoxy groups -OCH3 is 2. The summed E-state index contributed by atoms with van der Waals surface area (Å²) in [4.78, 5) is 25.8. The molecule has 1 fully saturated rings. The van der Waals surface area contributed by atoms with Crippen LogP contribution in [-0.4, -0.2) is 51.7 Å². The third kappa shape index (κ3) is 6.13. The number of hydrogen-bond acceptors (Lipinski definition) is 4. The van der Waals surface area contributed by atoms with Gasteiger partial charge in [0, 0.05) is 30.4 Å². The van der Waals surface area contributed by atoms with Crippen LogP contribution in [0.4, 0.5) is 5.69 Å². The molecule has 2 rings (SSSR count). The fourth-order valence-corrected chi connectivity index (χ4v) is 3.08. The van der Waals surface area contributed by atoms with Crippen molar-refractivity contribution in [1.29, 1.82) is 0 Å². The Morgan fingerprint density at radius 2 is 1.81 bits per heavy atom. The number of hydrogen-bond donors (Lipinski definition) is 3. The Morgan fingerprint density at radius 1 is 1.15 bits per heavy atom. The van der Waals surface area contributed by atoms with Crippen molar-refractivity contribution < 1.29 is 24.0 Å². The Balaban J connectivity index is 1.84. The van der Waals surface area contributed by atoms with E-state index in [4.69, 9.17) is 9.47 Å². The molecular weight excluding hydrogens is 346 g/mol. The number of anilines is 1. The lowest BCUT2D eigenvalue weighted by Crippen LogP contribution is -3.14. The molecule has 0 aliphatic carbocycles. The molecule has 0 radical (unpaired) electrons. The molecule has 1 aromatic carbocycles. The maximum Gasteiger partial charge on any atom is 0.279 e. The molecule has 1 heterocycles. The van der Waals surface area contributed by atoms with Crippen LogP contribution in [0.5, 0.6) is 11.5 Å². The van der Waals surface area contributed by atoms with E-state index in [9.17, 15) is 9.59 Å². The molecule has 1 aromatic rings. The van der Waals surface area contributed by atoms with Crippen LogP contribution in [0.3, 0.4) is 0 Å². The highest BCUT2D eigenvalue weighted by molar-refractivity contribution is 5.93. The van der Waals surface area contributed by atoms with Crippen molar-refractivity contribution in [3.63, 3.8) is 0 Å². The van der Waals surface area contributed by atoms with Gasteiger partial charge in [0.25, 0.3) is 5.91 Å². The van der Waals surface area contributed by atoms with Gasteiger partial charge in [-0.2, -0.15) is 0 Å². The molecule has 7 nitrogen and oxygen atoms in total.